The van der Waals surface area contributed by atoms with Crippen LogP contribution in [-0.2, 0) is 16.1 Å². The first-order valence-electron chi connectivity index (χ1n) is 7.45. The van der Waals surface area contributed by atoms with Crippen LogP contribution in [0.1, 0.15) is 12.5 Å². The fraction of sp³-hybridized carbons (Fsp3) is 0.375. The van der Waals surface area contributed by atoms with E-state index in [1.54, 1.807) is 6.20 Å². The highest BCUT2D eigenvalue weighted by atomic mass is 16.5. The molecule has 116 valence electrons. The number of amides is 1. The van der Waals surface area contributed by atoms with Crippen molar-refractivity contribution in [3.63, 3.8) is 0 Å². The number of hydrogen-bond donors (Lipinski definition) is 2. The van der Waals surface area contributed by atoms with Gasteiger partial charge in [-0.25, -0.2) is 4.98 Å². The van der Waals surface area contributed by atoms with Crippen molar-refractivity contribution in [2.24, 2.45) is 0 Å². The molecule has 0 saturated carbocycles. The van der Waals surface area contributed by atoms with Crippen molar-refractivity contribution < 1.29 is 9.53 Å². The van der Waals surface area contributed by atoms with Gasteiger partial charge in [0.25, 0.3) is 0 Å². The van der Waals surface area contributed by atoms with E-state index in [4.69, 9.17) is 4.74 Å². The van der Waals surface area contributed by atoms with E-state index in [0.717, 1.165) is 5.56 Å². The molecule has 1 saturated heterocycles. The molecule has 1 amide bonds. The Bertz CT molecular complexity index is 626. The predicted molar refractivity (Wildman–Crippen MR) is 83.6 cm³/mol. The first-order chi connectivity index (χ1) is 10.7. The second-order valence-corrected chi connectivity index (χ2v) is 5.36. The van der Waals surface area contributed by atoms with Gasteiger partial charge >= 0.3 is 0 Å². The number of imidazole rings is 1. The molecule has 0 radical (unpaired) electrons. The zero-order valence-corrected chi connectivity index (χ0v) is 12.5. The summed E-state index contributed by atoms with van der Waals surface area (Å²) in [6.07, 6.45) is 3.40. The number of rotatable bonds is 4. The van der Waals surface area contributed by atoms with Crippen molar-refractivity contribution >= 4 is 11.9 Å². The molecule has 3 rings (SSSR count). The maximum absolute atomic E-state index is 12.4. The van der Waals surface area contributed by atoms with E-state index >= 15 is 0 Å². The zero-order chi connectivity index (χ0) is 15.4. The smallest absolute Gasteiger partial charge is 0.246 e. The molecular formula is C16H20N4O2. The summed E-state index contributed by atoms with van der Waals surface area (Å²) in [5, 5.41) is 6.06. The van der Waals surface area contributed by atoms with E-state index in [2.05, 4.69) is 15.6 Å². The van der Waals surface area contributed by atoms with Gasteiger partial charge in [0, 0.05) is 18.9 Å². The molecule has 6 nitrogen and oxygen atoms in total. The highest BCUT2D eigenvalue weighted by molar-refractivity contribution is 5.94. The van der Waals surface area contributed by atoms with Gasteiger partial charge in [-0.2, -0.15) is 0 Å². The number of carbonyl (C=O) groups excluding carboxylic acids is 1. The van der Waals surface area contributed by atoms with Crippen molar-refractivity contribution in [2.75, 3.05) is 18.5 Å². The van der Waals surface area contributed by atoms with Gasteiger partial charge in [-0.1, -0.05) is 30.3 Å². The lowest BCUT2D eigenvalue weighted by molar-refractivity contribution is -0.123. The number of ether oxygens (including phenoxy) is 1. The summed E-state index contributed by atoms with van der Waals surface area (Å²) in [6.45, 7) is 3.88. The summed E-state index contributed by atoms with van der Waals surface area (Å²) in [6, 6.07) is 9.71. The molecule has 6 heteroatoms. The Morgan fingerprint density at radius 1 is 1.45 bits per heavy atom. The molecular weight excluding hydrogens is 280 g/mol. The molecule has 0 aliphatic carbocycles. The third-order valence-corrected chi connectivity index (χ3v) is 3.75. The van der Waals surface area contributed by atoms with Crippen molar-refractivity contribution in [2.45, 2.75) is 25.6 Å². The van der Waals surface area contributed by atoms with Crippen LogP contribution in [0, 0.1) is 0 Å². The van der Waals surface area contributed by atoms with Gasteiger partial charge in [0.1, 0.15) is 6.04 Å². The predicted octanol–water partition coefficient (Wildman–Crippen LogP) is 1.25. The van der Waals surface area contributed by atoms with Crippen molar-refractivity contribution in [3.05, 3.63) is 48.3 Å². The second-order valence-electron chi connectivity index (χ2n) is 5.36. The average molecular weight is 300 g/mol. The van der Waals surface area contributed by atoms with Gasteiger partial charge in [-0.15, -0.1) is 0 Å². The first-order valence-corrected chi connectivity index (χ1v) is 7.45. The minimum absolute atomic E-state index is 0.118. The largest absolute Gasteiger partial charge is 0.375 e. The summed E-state index contributed by atoms with van der Waals surface area (Å²) in [5.41, 5.74) is 1.16. The molecule has 0 unspecified atom stereocenters. The Labute approximate surface area is 129 Å². The highest BCUT2D eigenvalue weighted by Gasteiger charge is 2.28. The van der Waals surface area contributed by atoms with Gasteiger partial charge in [-0.3, -0.25) is 10.1 Å². The Kier molecular flexibility index (Phi) is 4.50. The number of benzene rings is 1. The summed E-state index contributed by atoms with van der Waals surface area (Å²) in [5.74, 6) is 0.432. The molecule has 2 atom stereocenters. The monoisotopic (exact) mass is 300 g/mol. The van der Waals surface area contributed by atoms with E-state index in [-0.39, 0.29) is 18.1 Å². The van der Waals surface area contributed by atoms with Crippen LogP contribution in [-0.4, -0.2) is 40.8 Å². The fourth-order valence-corrected chi connectivity index (χ4v) is 2.56. The molecule has 22 heavy (non-hydrogen) atoms. The van der Waals surface area contributed by atoms with Crippen LogP contribution in [0.5, 0.6) is 0 Å². The van der Waals surface area contributed by atoms with Crippen LogP contribution in [0.15, 0.2) is 42.7 Å². The van der Waals surface area contributed by atoms with E-state index in [1.165, 1.54) is 0 Å². The quantitative estimate of drug-likeness (QED) is 0.891. The van der Waals surface area contributed by atoms with E-state index in [0.29, 0.717) is 25.6 Å². The van der Waals surface area contributed by atoms with E-state index in [1.807, 2.05) is 48.0 Å². The Morgan fingerprint density at radius 3 is 3.05 bits per heavy atom. The molecule has 1 aromatic carbocycles. The van der Waals surface area contributed by atoms with E-state index in [9.17, 15) is 4.79 Å². The number of morpholine rings is 1. The van der Waals surface area contributed by atoms with Crippen molar-refractivity contribution in [1.29, 1.82) is 0 Å². The Hall–Kier alpha value is -2.18. The molecule has 1 aromatic heterocycles. The molecule has 0 spiro atoms. The van der Waals surface area contributed by atoms with Crippen LogP contribution < -0.4 is 10.6 Å². The maximum atomic E-state index is 12.4. The summed E-state index contributed by atoms with van der Waals surface area (Å²) < 4.78 is 7.42. The lowest BCUT2D eigenvalue weighted by Crippen LogP contribution is -2.53. The normalized spacial score (nSPS) is 21.5. The van der Waals surface area contributed by atoms with Gasteiger partial charge in [0.2, 0.25) is 11.9 Å². The minimum Gasteiger partial charge on any atom is -0.375 e. The number of hydrogen-bond acceptors (Lipinski definition) is 4. The molecule has 1 aliphatic rings. The first kappa shape index (κ1) is 14.7. The molecule has 2 heterocycles. The number of aromatic nitrogens is 2. The SMILES string of the molecule is C[C@H]1OCCN[C@@H]1C(=O)Nc1nccn1Cc1ccccc1. The van der Waals surface area contributed by atoms with Gasteiger partial charge in [0.05, 0.1) is 19.3 Å². The standard InChI is InChI=1S/C16H20N4O2/c1-12-14(17-8-10-22-12)15(21)19-16-18-7-9-20(16)11-13-5-3-2-4-6-13/h2-7,9,12,14,17H,8,10-11H2,1H3,(H,18,19,21)/t12-,14+/m1/s1. The summed E-state index contributed by atoms with van der Waals surface area (Å²) in [7, 11) is 0. The summed E-state index contributed by atoms with van der Waals surface area (Å²) >= 11 is 0. The lowest BCUT2D eigenvalue weighted by Gasteiger charge is -2.29. The molecule has 0 bridgehead atoms. The Morgan fingerprint density at radius 2 is 2.27 bits per heavy atom. The number of nitrogens with one attached hydrogen (secondary N) is 2. The highest BCUT2D eigenvalue weighted by Crippen LogP contribution is 2.11. The third-order valence-electron chi connectivity index (χ3n) is 3.75. The maximum Gasteiger partial charge on any atom is 0.246 e. The molecule has 1 aliphatic heterocycles. The fourth-order valence-electron chi connectivity index (χ4n) is 2.56. The number of carbonyl (C=O) groups is 1. The second kappa shape index (κ2) is 6.72. The summed E-state index contributed by atoms with van der Waals surface area (Å²) in [4.78, 5) is 16.6. The number of nitrogens with zero attached hydrogens (tertiary/aromatic N) is 2. The molecule has 1 fully saturated rings. The average Bonchev–Trinajstić information content (AvgIpc) is 2.95. The molecule has 2 aromatic rings. The zero-order valence-electron chi connectivity index (χ0n) is 12.5. The van der Waals surface area contributed by atoms with Crippen LogP contribution >= 0.6 is 0 Å². The molecule has 2 N–H and O–H groups in total. The van der Waals surface area contributed by atoms with Gasteiger partial charge in [-0.05, 0) is 12.5 Å². The van der Waals surface area contributed by atoms with Gasteiger partial charge in [0.15, 0.2) is 0 Å². The topological polar surface area (TPSA) is 68.2 Å². The van der Waals surface area contributed by atoms with Crippen molar-refractivity contribution in [1.82, 2.24) is 14.9 Å². The van der Waals surface area contributed by atoms with Crippen LogP contribution in [0.25, 0.3) is 0 Å². The van der Waals surface area contributed by atoms with Crippen molar-refractivity contribution in [3.8, 4) is 0 Å². The van der Waals surface area contributed by atoms with Gasteiger partial charge < -0.3 is 14.6 Å². The Balaban J connectivity index is 1.68. The third kappa shape index (κ3) is 3.35. The number of anilines is 1. The van der Waals surface area contributed by atoms with Crippen LogP contribution in [0.3, 0.4) is 0 Å². The van der Waals surface area contributed by atoms with Crippen LogP contribution in [0.2, 0.25) is 0 Å². The lowest BCUT2D eigenvalue weighted by atomic mass is 10.1. The van der Waals surface area contributed by atoms with Crippen LogP contribution in [0.4, 0.5) is 5.95 Å². The van der Waals surface area contributed by atoms with E-state index < -0.39 is 0 Å². The minimum atomic E-state index is -0.351.